The molecule has 1 unspecified atom stereocenters. The van der Waals surface area contributed by atoms with Gasteiger partial charge in [-0.2, -0.15) is 0 Å². The lowest BCUT2D eigenvalue weighted by Crippen LogP contribution is -2.51. The van der Waals surface area contributed by atoms with Crippen molar-refractivity contribution in [1.29, 1.82) is 0 Å². The van der Waals surface area contributed by atoms with Gasteiger partial charge in [0.1, 0.15) is 6.61 Å². The summed E-state index contributed by atoms with van der Waals surface area (Å²) in [5, 5.41) is 7.17. The van der Waals surface area contributed by atoms with Gasteiger partial charge in [-0.15, -0.1) is 0 Å². The highest BCUT2D eigenvalue weighted by atomic mass is 16.7. The molecule has 1 saturated heterocycles. The normalized spacial score (nSPS) is 25.7. The first-order valence-electron chi connectivity index (χ1n) is 6.83. The molecule has 1 N–H and O–H groups in total. The highest BCUT2D eigenvalue weighted by molar-refractivity contribution is 6.00. The lowest BCUT2D eigenvalue weighted by molar-refractivity contribution is -0.148. The Hall–Kier alpha value is -2.50. The Morgan fingerprint density at radius 2 is 2.24 bits per heavy atom. The van der Waals surface area contributed by atoms with Crippen molar-refractivity contribution in [2.45, 2.75) is 12.6 Å². The fourth-order valence-corrected chi connectivity index (χ4v) is 2.70. The molecule has 0 aromatic heterocycles. The maximum Gasteiger partial charge on any atom is 0.295 e. The molecule has 2 aliphatic heterocycles. The van der Waals surface area contributed by atoms with E-state index < -0.39 is 5.72 Å². The van der Waals surface area contributed by atoms with E-state index >= 15 is 0 Å². The van der Waals surface area contributed by atoms with Crippen molar-refractivity contribution in [2.24, 2.45) is 5.16 Å². The number of hydrogen-bond acceptors (Lipinski definition) is 6. The second kappa shape index (κ2) is 5.12. The van der Waals surface area contributed by atoms with Crippen LogP contribution in [-0.2, 0) is 20.1 Å². The summed E-state index contributed by atoms with van der Waals surface area (Å²) in [5.41, 5.74) is 0.320. The number of fused-ring (bicyclic) bond motifs is 1. The maximum atomic E-state index is 11.9. The van der Waals surface area contributed by atoms with Gasteiger partial charge < -0.3 is 14.9 Å². The van der Waals surface area contributed by atoms with E-state index in [9.17, 15) is 4.79 Å². The fourth-order valence-electron chi connectivity index (χ4n) is 2.70. The number of benzene rings is 1. The molecule has 21 heavy (non-hydrogen) atoms. The standard InChI is InChI=1S/C15H17N3O3/c1-3-13-14-17-21-15(10-19,18(14)8-9-20-13)11-6-4-5-7-12(11)16-2/h3-7,10,16H,8-9H2,1-2H3. The number of amidine groups is 1. The van der Waals surface area contributed by atoms with E-state index in [-0.39, 0.29) is 0 Å². The van der Waals surface area contributed by atoms with Crippen LogP contribution in [0, 0.1) is 0 Å². The molecule has 0 aliphatic carbocycles. The first-order valence-corrected chi connectivity index (χ1v) is 6.83. The van der Waals surface area contributed by atoms with E-state index in [1.807, 2.05) is 49.2 Å². The predicted molar refractivity (Wildman–Crippen MR) is 78.7 cm³/mol. The molecule has 0 radical (unpaired) electrons. The number of morpholine rings is 1. The number of rotatable bonds is 3. The van der Waals surface area contributed by atoms with Crippen LogP contribution in [0.3, 0.4) is 0 Å². The average molecular weight is 287 g/mol. The summed E-state index contributed by atoms with van der Waals surface area (Å²) in [6.07, 6.45) is 2.61. The van der Waals surface area contributed by atoms with Gasteiger partial charge in [-0.05, 0) is 19.1 Å². The summed E-state index contributed by atoms with van der Waals surface area (Å²) in [4.78, 5) is 19.3. The minimum atomic E-state index is -1.24. The minimum absolute atomic E-state index is 0.485. The largest absolute Gasteiger partial charge is 0.488 e. The molecule has 6 nitrogen and oxygen atoms in total. The number of anilines is 1. The van der Waals surface area contributed by atoms with Gasteiger partial charge in [0, 0.05) is 18.3 Å². The van der Waals surface area contributed by atoms with Crippen LogP contribution in [0.4, 0.5) is 5.69 Å². The molecule has 3 rings (SSSR count). The molecule has 2 aliphatic rings. The number of carbonyl (C=O) groups excluding carboxylic acids is 1. The molecule has 2 heterocycles. The number of oxime groups is 1. The zero-order valence-corrected chi connectivity index (χ0v) is 12.0. The molecule has 1 aromatic rings. The molecule has 1 fully saturated rings. The van der Waals surface area contributed by atoms with Gasteiger partial charge in [-0.25, -0.2) is 0 Å². The fraction of sp³-hybridized carbons (Fsp3) is 0.333. The summed E-state index contributed by atoms with van der Waals surface area (Å²) in [5.74, 6) is 1.19. The summed E-state index contributed by atoms with van der Waals surface area (Å²) < 4.78 is 5.55. The quantitative estimate of drug-likeness (QED) is 0.857. The topological polar surface area (TPSA) is 63.2 Å². The number of nitrogens with zero attached hydrogens (tertiary/aromatic N) is 2. The van der Waals surface area contributed by atoms with Gasteiger partial charge in [-0.3, -0.25) is 9.69 Å². The third kappa shape index (κ3) is 1.86. The van der Waals surface area contributed by atoms with Crippen LogP contribution in [0.1, 0.15) is 12.5 Å². The lowest BCUT2D eigenvalue weighted by Gasteiger charge is -2.36. The molecular formula is C15H17N3O3. The molecular weight excluding hydrogens is 270 g/mol. The van der Waals surface area contributed by atoms with Crippen molar-refractivity contribution in [3.63, 3.8) is 0 Å². The highest BCUT2D eigenvalue weighted by Crippen LogP contribution is 2.39. The van der Waals surface area contributed by atoms with Crippen molar-refractivity contribution >= 4 is 17.8 Å². The predicted octanol–water partition coefficient (Wildman–Crippen LogP) is 1.66. The summed E-state index contributed by atoms with van der Waals surface area (Å²) in [7, 11) is 1.81. The van der Waals surface area contributed by atoms with Crippen LogP contribution in [0.15, 0.2) is 41.3 Å². The smallest absolute Gasteiger partial charge is 0.295 e. The second-order valence-corrected chi connectivity index (χ2v) is 4.77. The van der Waals surface area contributed by atoms with Crippen molar-refractivity contribution in [1.82, 2.24) is 4.90 Å². The molecule has 1 atom stereocenters. The Morgan fingerprint density at radius 1 is 1.43 bits per heavy atom. The van der Waals surface area contributed by atoms with E-state index in [4.69, 9.17) is 9.57 Å². The van der Waals surface area contributed by atoms with Crippen LogP contribution >= 0.6 is 0 Å². The van der Waals surface area contributed by atoms with Crippen molar-refractivity contribution in [3.05, 3.63) is 41.7 Å². The van der Waals surface area contributed by atoms with Gasteiger partial charge in [0.15, 0.2) is 12.0 Å². The van der Waals surface area contributed by atoms with Crippen LogP contribution in [0.2, 0.25) is 0 Å². The summed E-state index contributed by atoms with van der Waals surface area (Å²) in [6, 6.07) is 7.55. The van der Waals surface area contributed by atoms with Gasteiger partial charge >= 0.3 is 0 Å². The first kappa shape index (κ1) is 13.5. The van der Waals surface area contributed by atoms with Crippen LogP contribution in [-0.4, -0.2) is 37.2 Å². The molecule has 0 amide bonds. The van der Waals surface area contributed by atoms with Crippen LogP contribution < -0.4 is 5.32 Å². The third-order valence-corrected chi connectivity index (χ3v) is 3.73. The number of para-hydroxylation sites is 1. The minimum Gasteiger partial charge on any atom is -0.488 e. The molecule has 0 spiro atoms. The molecule has 110 valence electrons. The monoisotopic (exact) mass is 287 g/mol. The van der Waals surface area contributed by atoms with Gasteiger partial charge in [0.25, 0.3) is 5.72 Å². The average Bonchev–Trinajstić information content (AvgIpc) is 2.94. The van der Waals surface area contributed by atoms with Gasteiger partial charge in [-0.1, -0.05) is 23.4 Å². The first-order chi connectivity index (χ1) is 10.3. The number of aldehydes is 1. The SMILES string of the molecule is CC=C1OCCN2C1=NOC2(C=O)c1ccccc1NC. The zero-order chi connectivity index (χ0) is 14.9. The van der Waals surface area contributed by atoms with Crippen molar-refractivity contribution in [3.8, 4) is 0 Å². The Labute approximate surface area is 123 Å². The summed E-state index contributed by atoms with van der Waals surface area (Å²) in [6.45, 7) is 2.89. The highest BCUT2D eigenvalue weighted by Gasteiger charge is 2.51. The van der Waals surface area contributed by atoms with Gasteiger partial charge in [0.05, 0.1) is 6.54 Å². The van der Waals surface area contributed by atoms with Crippen LogP contribution in [0.25, 0.3) is 0 Å². The second-order valence-electron chi connectivity index (χ2n) is 4.77. The number of nitrogens with one attached hydrogen (secondary N) is 1. The van der Waals surface area contributed by atoms with Crippen molar-refractivity contribution < 1.29 is 14.4 Å². The number of hydrogen-bond donors (Lipinski definition) is 1. The Morgan fingerprint density at radius 3 is 2.95 bits per heavy atom. The van der Waals surface area contributed by atoms with Crippen LogP contribution in [0.5, 0.6) is 0 Å². The number of carbonyl (C=O) groups is 1. The summed E-state index contributed by atoms with van der Waals surface area (Å²) >= 11 is 0. The molecule has 0 saturated carbocycles. The molecule has 6 heteroatoms. The van der Waals surface area contributed by atoms with E-state index in [1.165, 1.54) is 0 Å². The number of ether oxygens (including phenoxy) is 1. The Bertz CT molecular complexity index is 626. The van der Waals surface area contributed by atoms with Gasteiger partial charge in [0.2, 0.25) is 5.84 Å². The van der Waals surface area contributed by atoms with E-state index in [2.05, 4.69) is 10.5 Å². The third-order valence-electron chi connectivity index (χ3n) is 3.73. The Balaban J connectivity index is 2.09. The van der Waals surface area contributed by atoms with E-state index in [1.54, 1.807) is 0 Å². The van der Waals surface area contributed by atoms with E-state index in [0.717, 1.165) is 17.5 Å². The lowest BCUT2D eigenvalue weighted by atomic mass is 9.99. The molecule has 1 aromatic carbocycles. The Kier molecular flexibility index (Phi) is 3.29. The van der Waals surface area contributed by atoms with E-state index in [0.29, 0.717) is 24.7 Å². The van der Waals surface area contributed by atoms with Crippen molar-refractivity contribution in [2.75, 3.05) is 25.5 Å². The zero-order valence-electron chi connectivity index (χ0n) is 12.0. The maximum absolute atomic E-state index is 11.9. The molecule has 0 bridgehead atoms. The number of allylic oxidation sites excluding steroid dienone is 1.